The number of hydrogen-bond acceptors (Lipinski definition) is 5. The number of anilines is 1. The van der Waals surface area contributed by atoms with Crippen LogP contribution in [0.5, 0.6) is 0 Å². The Morgan fingerprint density at radius 3 is 2.37 bits per heavy atom. The predicted molar refractivity (Wildman–Crippen MR) is 62.1 cm³/mol. The van der Waals surface area contributed by atoms with Crippen LogP contribution in [0.4, 0.5) is 14.5 Å². The van der Waals surface area contributed by atoms with E-state index in [1.165, 1.54) is 6.07 Å². The quantitative estimate of drug-likeness (QED) is 0.665. The van der Waals surface area contributed by atoms with E-state index < -0.39 is 23.6 Å². The van der Waals surface area contributed by atoms with E-state index in [1.807, 2.05) is 0 Å². The van der Waals surface area contributed by atoms with Crippen LogP contribution in [0.1, 0.15) is 0 Å². The number of halogens is 2. The summed E-state index contributed by atoms with van der Waals surface area (Å²) in [7, 11) is 2.24. The maximum atomic E-state index is 13.0. The highest BCUT2D eigenvalue weighted by Crippen LogP contribution is 2.15. The second kappa shape index (κ2) is 6.48. The van der Waals surface area contributed by atoms with Crippen LogP contribution in [0.15, 0.2) is 30.0 Å². The van der Waals surface area contributed by atoms with Crippen LogP contribution in [-0.2, 0) is 19.1 Å². The van der Waals surface area contributed by atoms with Crippen molar-refractivity contribution in [2.75, 3.05) is 19.5 Å². The van der Waals surface area contributed by atoms with Crippen LogP contribution in [0.2, 0.25) is 0 Å². The molecule has 0 aliphatic carbocycles. The normalized spacial score (nSPS) is 10.8. The molecule has 0 bridgehead atoms. The third kappa shape index (κ3) is 4.06. The smallest absolute Gasteiger partial charge is 0.354 e. The number of ether oxygens (including phenoxy) is 2. The van der Waals surface area contributed by atoms with E-state index in [4.69, 9.17) is 0 Å². The largest absolute Gasteiger partial charge is 0.466 e. The molecular weight excluding hydrogens is 260 g/mol. The summed E-state index contributed by atoms with van der Waals surface area (Å²) in [6.07, 6.45) is 0.840. The van der Waals surface area contributed by atoms with Crippen molar-refractivity contribution in [3.8, 4) is 0 Å². The standard InChI is InChI=1S/C12H11F2NO4/c1-18-11(16)6-10(12(17)19-2)15-7-3-4-8(13)9(14)5-7/h3-6,15H,1-2H3/b10-6+. The van der Waals surface area contributed by atoms with Gasteiger partial charge in [-0.1, -0.05) is 0 Å². The Morgan fingerprint density at radius 2 is 1.84 bits per heavy atom. The summed E-state index contributed by atoms with van der Waals surface area (Å²) in [4.78, 5) is 22.5. The summed E-state index contributed by atoms with van der Waals surface area (Å²) < 4.78 is 34.5. The van der Waals surface area contributed by atoms with Gasteiger partial charge in [0.05, 0.1) is 20.3 Å². The zero-order valence-electron chi connectivity index (χ0n) is 10.2. The molecule has 19 heavy (non-hydrogen) atoms. The van der Waals surface area contributed by atoms with Gasteiger partial charge in [-0.25, -0.2) is 18.4 Å². The topological polar surface area (TPSA) is 64.6 Å². The van der Waals surface area contributed by atoms with E-state index in [0.29, 0.717) is 0 Å². The van der Waals surface area contributed by atoms with Crippen molar-refractivity contribution in [3.05, 3.63) is 41.6 Å². The van der Waals surface area contributed by atoms with Gasteiger partial charge < -0.3 is 14.8 Å². The summed E-state index contributed by atoms with van der Waals surface area (Å²) in [6.45, 7) is 0. The molecule has 0 atom stereocenters. The van der Waals surface area contributed by atoms with Crippen molar-refractivity contribution in [1.29, 1.82) is 0 Å². The Hall–Kier alpha value is -2.44. The fraction of sp³-hybridized carbons (Fsp3) is 0.167. The van der Waals surface area contributed by atoms with E-state index >= 15 is 0 Å². The molecular formula is C12H11F2NO4. The highest BCUT2D eigenvalue weighted by atomic mass is 19.2. The first kappa shape index (κ1) is 14.6. The Labute approximate surface area is 107 Å². The molecule has 1 aromatic carbocycles. The molecule has 5 nitrogen and oxygen atoms in total. The number of esters is 2. The number of hydrogen-bond donors (Lipinski definition) is 1. The Kier molecular flexibility index (Phi) is 4.99. The van der Waals surface area contributed by atoms with Crippen LogP contribution in [0.3, 0.4) is 0 Å². The maximum absolute atomic E-state index is 13.0. The van der Waals surface area contributed by atoms with Crippen molar-refractivity contribution in [2.24, 2.45) is 0 Å². The van der Waals surface area contributed by atoms with Crippen LogP contribution in [-0.4, -0.2) is 26.2 Å². The first-order valence-corrected chi connectivity index (χ1v) is 5.08. The van der Waals surface area contributed by atoms with Gasteiger partial charge in [-0.3, -0.25) is 0 Å². The van der Waals surface area contributed by atoms with Gasteiger partial charge in [0.15, 0.2) is 11.6 Å². The van der Waals surface area contributed by atoms with Gasteiger partial charge in [0, 0.05) is 11.8 Å². The number of benzene rings is 1. The molecule has 0 fully saturated rings. The number of nitrogens with one attached hydrogen (secondary N) is 1. The molecule has 1 rings (SSSR count). The molecule has 0 amide bonds. The molecule has 0 aliphatic rings. The molecule has 0 saturated carbocycles. The highest BCUT2D eigenvalue weighted by molar-refractivity contribution is 5.98. The molecule has 7 heteroatoms. The summed E-state index contributed by atoms with van der Waals surface area (Å²) in [5, 5.41) is 2.44. The van der Waals surface area contributed by atoms with Crippen molar-refractivity contribution in [1.82, 2.24) is 0 Å². The van der Waals surface area contributed by atoms with E-state index in [0.717, 1.165) is 32.4 Å². The molecule has 1 aromatic rings. The van der Waals surface area contributed by atoms with Crippen molar-refractivity contribution < 1.29 is 27.8 Å². The average molecular weight is 271 g/mol. The van der Waals surface area contributed by atoms with Crippen LogP contribution in [0.25, 0.3) is 0 Å². The third-order valence-corrected chi connectivity index (χ3v) is 2.07. The Balaban J connectivity index is 3.00. The predicted octanol–water partition coefficient (Wildman–Crippen LogP) is 1.61. The highest BCUT2D eigenvalue weighted by Gasteiger charge is 2.13. The SMILES string of the molecule is COC(=O)/C=C(/Nc1ccc(F)c(F)c1)C(=O)OC. The van der Waals surface area contributed by atoms with Crippen molar-refractivity contribution in [2.45, 2.75) is 0 Å². The lowest BCUT2D eigenvalue weighted by molar-refractivity contribution is -0.138. The van der Waals surface area contributed by atoms with Gasteiger partial charge in [0.25, 0.3) is 0 Å². The summed E-state index contributed by atoms with van der Waals surface area (Å²) in [5.41, 5.74) is -0.181. The molecule has 0 aliphatic heterocycles. The molecule has 0 aromatic heterocycles. The van der Waals surface area contributed by atoms with Gasteiger partial charge >= 0.3 is 11.9 Å². The van der Waals surface area contributed by atoms with Crippen LogP contribution >= 0.6 is 0 Å². The molecule has 0 spiro atoms. The molecule has 102 valence electrons. The van der Waals surface area contributed by atoms with Crippen molar-refractivity contribution in [3.63, 3.8) is 0 Å². The monoisotopic (exact) mass is 271 g/mol. The fourth-order valence-electron chi connectivity index (χ4n) is 1.16. The Morgan fingerprint density at radius 1 is 1.16 bits per heavy atom. The fourth-order valence-corrected chi connectivity index (χ4v) is 1.16. The number of rotatable bonds is 4. The second-order valence-electron chi connectivity index (χ2n) is 3.33. The average Bonchev–Trinajstić information content (AvgIpc) is 2.41. The minimum atomic E-state index is -1.09. The van der Waals surface area contributed by atoms with E-state index in [1.54, 1.807) is 0 Å². The first-order chi connectivity index (χ1) is 8.97. The Bertz CT molecular complexity index is 528. The van der Waals surface area contributed by atoms with E-state index in [2.05, 4.69) is 14.8 Å². The summed E-state index contributed by atoms with van der Waals surface area (Å²) in [5.74, 6) is -3.76. The lowest BCUT2D eigenvalue weighted by Gasteiger charge is -2.09. The third-order valence-electron chi connectivity index (χ3n) is 2.07. The number of carbonyl (C=O) groups excluding carboxylic acids is 2. The summed E-state index contributed by atoms with van der Waals surface area (Å²) in [6, 6.07) is 2.92. The minimum Gasteiger partial charge on any atom is -0.466 e. The van der Waals surface area contributed by atoms with Gasteiger partial charge in [-0.2, -0.15) is 0 Å². The lowest BCUT2D eigenvalue weighted by Crippen LogP contribution is -2.15. The van der Waals surface area contributed by atoms with Gasteiger partial charge in [0.1, 0.15) is 5.70 Å². The van der Waals surface area contributed by atoms with Gasteiger partial charge in [0.2, 0.25) is 0 Å². The minimum absolute atomic E-state index is 0.0828. The maximum Gasteiger partial charge on any atom is 0.354 e. The molecule has 0 unspecified atom stereocenters. The van der Waals surface area contributed by atoms with Crippen molar-refractivity contribution >= 4 is 17.6 Å². The molecule has 1 N–H and O–H groups in total. The summed E-state index contributed by atoms with van der Waals surface area (Å²) >= 11 is 0. The van der Waals surface area contributed by atoms with Crippen LogP contribution < -0.4 is 5.32 Å². The lowest BCUT2D eigenvalue weighted by atomic mass is 10.2. The van der Waals surface area contributed by atoms with Crippen LogP contribution in [0, 0.1) is 11.6 Å². The number of carbonyl (C=O) groups is 2. The molecule has 0 saturated heterocycles. The second-order valence-corrected chi connectivity index (χ2v) is 3.33. The van der Waals surface area contributed by atoms with E-state index in [-0.39, 0.29) is 11.4 Å². The first-order valence-electron chi connectivity index (χ1n) is 5.08. The van der Waals surface area contributed by atoms with E-state index in [9.17, 15) is 18.4 Å². The molecule has 0 radical (unpaired) electrons. The zero-order valence-corrected chi connectivity index (χ0v) is 10.2. The van der Waals surface area contributed by atoms with Gasteiger partial charge in [-0.05, 0) is 12.1 Å². The zero-order chi connectivity index (χ0) is 14.4. The number of methoxy groups -OCH3 is 2. The van der Waals surface area contributed by atoms with Gasteiger partial charge in [-0.15, -0.1) is 0 Å². The molecule has 0 heterocycles.